The van der Waals surface area contributed by atoms with Crippen LogP contribution in [0, 0.1) is 0 Å². The monoisotopic (exact) mass is 404 g/mol. The van der Waals surface area contributed by atoms with E-state index >= 15 is 0 Å². The largest absolute Gasteiger partial charge is 0.408 e. The summed E-state index contributed by atoms with van der Waals surface area (Å²) in [5, 5.41) is 8.95. The molecular formula is C22H20ClF3N2. The van der Waals surface area contributed by atoms with Crippen molar-refractivity contribution in [3.63, 3.8) is 0 Å². The molecule has 1 saturated heterocycles. The molecule has 0 aromatic heterocycles. The molecule has 0 spiro atoms. The molecule has 0 bridgehead atoms. The van der Waals surface area contributed by atoms with E-state index in [9.17, 15) is 13.2 Å². The van der Waals surface area contributed by atoms with Crippen LogP contribution in [0.4, 0.5) is 13.2 Å². The molecule has 0 aliphatic carbocycles. The molecule has 1 fully saturated rings. The zero-order valence-electron chi connectivity index (χ0n) is 15.1. The van der Waals surface area contributed by atoms with Crippen molar-refractivity contribution in [3.8, 4) is 0 Å². The Morgan fingerprint density at radius 3 is 2.00 bits per heavy atom. The molecule has 28 heavy (non-hydrogen) atoms. The average molecular weight is 405 g/mol. The minimum absolute atomic E-state index is 0. The summed E-state index contributed by atoms with van der Waals surface area (Å²) in [7, 11) is 0. The first-order valence-corrected chi connectivity index (χ1v) is 9.22. The highest BCUT2D eigenvalue weighted by molar-refractivity contribution is 6.23. The van der Waals surface area contributed by atoms with Crippen molar-refractivity contribution in [2.75, 3.05) is 26.2 Å². The van der Waals surface area contributed by atoms with E-state index in [1.165, 1.54) is 0 Å². The average Bonchev–Trinajstić information content (AvgIpc) is 2.67. The van der Waals surface area contributed by atoms with Crippen molar-refractivity contribution in [2.24, 2.45) is 0 Å². The van der Waals surface area contributed by atoms with Gasteiger partial charge in [-0.05, 0) is 37.9 Å². The second-order valence-electron chi connectivity index (χ2n) is 7.24. The summed E-state index contributed by atoms with van der Waals surface area (Å²) in [6, 6.07) is 15.8. The first kappa shape index (κ1) is 19.2. The van der Waals surface area contributed by atoms with Gasteiger partial charge in [-0.1, -0.05) is 54.6 Å². The van der Waals surface area contributed by atoms with Gasteiger partial charge in [-0.15, -0.1) is 12.4 Å². The lowest BCUT2D eigenvalue weighted by Gasteiger charge is -2.36. The summed E-state index contributed by atoms with van der Waals surface area (Å²) < 4.78 is 42.4. The molecule has 0 radical (unpaired) electrons. The number of halogens is 4. The van der Waals surface area contributed by atoms with Crippen LogP contribution >= 0.6 is 12.4 Å². The van der Waals surface area contributed by atoms with Crippen LogP contribution in [0.3, 0.4) is 0 Å². The summed E-state index contributed by atoms with van der Waals surface area (Å²) in [4.78, 5) is 1.56. The molecule has 4 aromatic rings. The lowest BCUT2D eigenvalue weighted by atomic mass is 9.89. The number of nitrogens with zero attached hydrogens (tertiary/aromatic N) is 1. The quantitative estimate of drug-likeness (QED) is 0.443. The zero-order chi connectivity index (χ0) is 18.6. The number of alkyl halides is 3. The van der Waals surface area contributed by atoms with Gasteiger partial charge in [0, 0.05) is 26.2 Å². The van der Waals surface area contributed by atoms with Gasteiger partial charge >= 0.3 is 6.18 Å². The molecule has 4 aromatic carbocycles. The van der Waals surface area contributed by atoms with E-state index in [-0.39, 0.29) is 12.4 Å². The highest BCUT2D eigenvalue weighted by Gasteiger charge is 2.45. The molecule has 6 heteroatoms. The van der Waals surface area contributed by atoms with Gasteiger partial charge in [0.05, 0.1) is 0 Å². The van der Waals surface area contributed by atoms with Gasteiger partial charge in [0.25, 0.3) is 0 Å². The van der Waals surface area contributed by atoms with E-state index in [1.54, 1.807) is 11.0 Å². The Kier molecular flexibility index (Phi) is 4.86. The fraction of sp³-hybridized carbons (Fsp3) is 0.273. The predicted octanol–water partition coefficient (Wildman–Crippen LogP) is 5.51. The SMILES string of the molecule is Cl.FC(F)(F)[C@H](c1ccc2ccc3cccc4ccc1c2c34)N1CCNCC1. The first-order valence-electron chi connectivity index (χ1n) is 9.22. The highest BCUT2D eigenvalue weighted by Crippen LogP contribution is 2.44. The fourth-order valence-electron chi connectivity index (χ4n) is 4.52. The van der Waals surface area contributed by atoms with Crippen molar-refractivity contribution in [3.05, 3.63) is 60.2 Å². The maximum atomic E-state index is 14.1. The lowest BCUT2D eigenvalue weighted by Crippen LogP contribution is -2.49. The third-order valence-electron chi connectivity index (χ3n) is 5.68. The lowest BCUT2D eigenvalue weighted by molar-refractivity contribution is -0.187. The molecule has 0 saturated carbocycles. The molecule has 2 nitrogen and oxygen atoms in total. The molecule has 5 rings (SSSR count). The van der Waals surface area contributed by atoms with E-state index in [4.69, 9.17) is 0 Å². The Labute approximate surface area is 167 Å². The van der Waals surface area contributed by atoms with Crippen molar-refractivity contribution in [2.45, 2.75) is 12.2 Å². The maximum absolute atomic E-state index is 14.1. The third-order valence-corrected chi connectivity index (χ3v) is 5.68. The van der Waals surface area contributed by atoms with Crippen LogP contribution in [0.25, 0.3) is 32.3 Å². The molecule has 1 atom stereocenters. The van der Waals surface area contributed by atoms with Gasteiger partial charge in [-0.2, -0.15) is 13.2 Å². The van der Waals surface area contributed by atoms with Crippen LogP contribution < -0.4 is 5.32 Å². The van der Waals surface area contributed by atoms with Crippen LogP contribution in [0.5, 0.6) is 0 Å². The van der Waals surface area contributed by atoms with Gasteiger partial charge in [0.2, 0.25) is 0 Å². The Morgan fingerprint density at radius 2 is 1.36 bits per heavy atom. The Morgan fingerprint density at radius 1 is 0.786 bits per heavy atom. The Bertz CT molecular complexity index is 1100. The van der Waals surface area contributed by atoms with E-state index in [1.807, 2.05) is 48.5 Å². The Balaban J connectivity index is 0.00000192. The minimum atomic E-state index is -4.32. The number of piperazine rings is 1. The van der Waals surface area contributed by atoms with Gasteiger partial charge in [0.1, 0.15) is 6.04 Å². The molecule has 1 aliphatic heterocycles. The third kappa shape index (κ3) is 2.98. The molecule has 0 unspecified atom stereocenters. The predicted molar refractivity (Wildman–Crippen MR) is 111 cm³/mol. The maximum Gasteiger partial charge on any atom is 0.408 e. The molecule has 146 valence electrons. The summed E-state index contributed by atoms with van der Waals surface area (Å²) >= 11 is 0. The summed E-state index contributed by atoms with van der Waals surface area (Å²) in [5.41, 5.74) is 0.357. The van der Waals surface area contributed by atoms with Gasteiger partial charge in [-0.25, -0.2) is 0 Å². The van der Waals surface area contributed by atoms with Gasteiger partial charge in [-0.3, -0.25) is 4.90 Å². The van der Waals surface area contributed by atoms with Gasteiger partial charge in [0.15, 0.2) is 0 Å². The van der Waals surface area contributed by atoms with Crippen molar-refractivity contribution < 1.29 is 13.2 Å². The van der Waals surface area contributed by atoms with E-state index in [2.05, 4.69) is 5.32 Å². The molecule has 1 N–H and O–H groups in total. The second kappa shape index (κ2) is 7.07. The van der Waals surface area contributed by atoms with Crippen LogP contribution in [0.2, 0.25) is 0 Å². The fourth-order valence-corrected chi connectivity index (χ4v) is 4.52. The molecule has 1 heterocycles. The van der Waals surface area contributed by atoms with Crippen molar-refractivity contribution in [1.82, 2.24) is 10.2 Å². The van der Waals surface area contributed by atoms with Crippen LogP contribution in [0.1, 0.15) is 11.6 Å². The van der Waals surface area contributed by atoms with Gasteiger partial charge < -0.3 is 5.32 Å². The van der Waals surface area contributed by atoms with Crippen LogP contribution in [-0.2, 0) is 0 Å². The summed E-state index contributed by atoms with van der Waals surface area (Å²) in [6.45, 7) is 1.95. The number of rotatable bonds is 2. The number of hydrogen-bond acceptors (Lipinski definition) is 2. The first-order chi connectivity index (χ1) is 13.0. The van der Waals surface area contributed by atoms with E-state index in [0.29, 0.717) is 37.1 Å². The minimum Gasteiger partial charge on any atom is -0.314 e. The highest BCUT2D eigenvalue weighted by atomic mass is 35.5. The van der Waals surface area contributed by atoms with Crippen molar-refractivity contribution in [1.29, 1.82) is 0 Å². The molecule has 0 amide bonds. The zero-order valence-corrected chi connectivity index (χ0v) is 15.9. The standard InChI is InChI=1S/C22H19F3N2.ClH/c23-22(24,25)21(27-12-10-26-11-13-27)18-9-7-16-5-4-14-2-1-3-15-6-8-17(18)20(16)19(14)15;/h1-9,21,26H,10-13H2;1H/t21-;/m0./s1. The number of benzene rings is 4. The second-order valence-corrected chi connectivity index (χ2v) is 7.24. The Hall–Kier alpha value is -2.08. The van der Waals surface area contributed by atoms with E-state index in [0.717, 1.165) is 26.9 Å². The topological polar surface area (TPSA) is 15.3 Å². The number of nitrogens with one attached hydrogen (secondary N) is 1. The molecular weight excluding hydrogens is 385 g/mol. The smallest absolute Gasteiger partial charge is 0.314 e. The number of hydrogen-bond donors (Lipinski definition) is 1. The summed E-state index contributed by atoms with van der Waals surface area (Å²) in [6.07, 6.45) is -4.32. The van der Waals surface area contributed by atoms with Crippen LogP contribution in [0.15, 0.2) is 54.6 Å². The van der Waals surface area contributed by atoms with Crippen molar-refractivity contribution >= 4 is 44.7 Å². The van der Waals surface area contributed by atoms with E-state index < -0.39 is 12.2 Å². The van der Waals surface area contributed by atoms with Crippen LogP contribution in [-0.4, -0.2) is 37.3 Å². The normalized spacial score (nSPS) is 17.2. The summed E-state index contributed by atoms with van der Waals surface area (Å²) in [5.74, 6) is 0. The molecule has 1 aliphatic rings.